The molecule has 0 amide bonds. The van der Waals surface area contributed by atoms with Gasteiger partial charge in [0.15, 0.2) is 0 Å². The summed E-state index contributed by atoms with van der Waals surface area (Å²) in [5.41, 5.74) is 0. The molecule has 0 radical (unpaired) electrons. The van der Waals surface area contributed by atoms with Crippen LogP contribution in [0.15, 0.2) is 5.16 Å². The molecule has 1 aromatic heterocycles. The van der Waals surface area contributed by atoms with E-state index in [2.05, 4.69) is 34.3 Å². The second-order valence-electron chi connectivity index (χ2n) is 3.69. The molecule has 0 fully saturated rings. The third-order valence-electron chi connectivity index (χ3n) is 2.02. The molecule has 1 aromatic rings. The Kier molecular flexibility index (Phi) is 5.71. The Balaban J connectivity index is 2.15. The Bertz CT molecular complexity index is 274. The van der Waals surface area contributed by atoms with Gasteiger partial charge in [0.2, 0.25) is 5.16 Å². The van der Waals surface area contributed by atoms with Gasteiger partial charge in [-0.3, -0.25) is 5.10 Å². The highest BCUT2D eigenvalue weighted by Crippen LogP contribution is 2.17. The van der Waals surface area contributed by atoms with Gasteiger partial charge in [-0.05, 0) is 19.9 Å². The summed E-state index contributed by atoms with van der Waals surface area (Å²) in [6, 6.07) is 0. The maximum atomic E-state index is 4.26. The van der Waals surface area contributed by atoms with Crippen LogP contribution >= 0.6 is 11.8 Å². The SMILES string of the molecule is CCCCNCC(C)Sc1n[nH]c(C)n1. The second kappa shape index (κ2) is 6.85. The molecule has 1 unspecified atom stereocenters. The molecule has 2 N–H and O–H groups in total. The van der Waals surface area contributed by atoms with Crippen LogP contribution in [0.2, 0.25) is 0 Å². The van der Waals surface area contributed by atoms with Gasteiger partial charge in [-0.1, -0.05) is 32.0 Å². The van der Waals surface area contributed by atoms with Crippen molar-refractivity contribution in [2.45, 2.75) is 44.0 Å². The molecule has 15 heavy (non-hydrogen) atoms. The van der Waals surface area contributed by atoms with Crippen LogP contribution in [0.3, 0.4) is 0 Å². The summed E-state index contributed by atoms with van der Waals surface area (Å²) >= 11 is 1.71. The fourth-order valence-corrected chi connectivity index (χ4v) is 2.05. The Morgan fingerprint density at radius 2 is 2.33 bits per heavy atom. The first kappa shape index (κ1) is 12.5. The molecule has 0 spiro atoms. The Morgan fingerprint density at radius 1 is 1.53 bits per heavy atom. The van der Waals surface area contributed by atoms with E-state index in [0.717, 1.165) is 24.1 Å². The van der Waals surface area contributed by atoms with Crippen molar-refractivity contribution in [3.8, 4) is 0 Å². The van der Waals surface area contributed by atoms with E-state index in [1.54, 1.807) is 11.8 Å². The van der Waals surface area contributed by atoms with Crippen molar-refractivity contribution in [3.63, 3.8) is 0 Å². The van der Waals surface area contributed by atoms with Gasteiger partial charge in [-0.25, -0.2) is 4.98 Å². The summed E-state index contributed by atoms with van der Waals surface area (Å²) in [7, 11) is 0. The van der Waals surface area contributed by atoms with Crippen LogP contribution in [0.1, 0.15) is 32.5 Å². The largest absolute Gasteiger partial charge is 0.316 e. The fourth-order valence-electron chi connectivity index (χ4n) is 1.20. The number of H-pyrrole nitrogens is 1. The zero-order valence-corrected chi connectivity index (χ0v) is 10.5. The van der Waals surface area contributed by atoms with Gasteiger partial charge in [0.05, 0.1) is 0 Å². The van der Waals surface area contributed by atoms with Gasteiger partial charge in [0.25, 0.3) is 0 Å². The molecule has 0 bridgehead atoms. The zero-order chi connectivity index (χ0) is 11.1. The van der Waals surface area contributed by atoms with Crippen molar-refractivity contribution >= 4 is 11.8 Å². The topological polar surface area (TPSA) is 53.6 Å². The summed E-state index contributed by atoms with van der Waals surface area (Å²) in [4.78, 5) is 4.26. The van der Waals surface area contributed by atoms with E-state index >= 15 is 0 Å². The molecule has 0 aliphatic heterocycles. The first-order chi connectivity index (χ1) is 7.22. The van der Waals surface area contributed by atoms with E-state index in [4.69, 9.17) is 0 Å². The highest BCUT2D eigenvalue weighted by molar-refractivity contribution is 7.99. The number of unbranched alkanes of at least 4 members (excludes halogenated alkanes) is 1. The average molecular weight is 228 g/mol. The molecule has 0 aromatic carbocycles. The number of hydrogen-bond donors (Lipinski definition) is 2. The number of nitrogens with zero attached hydrogens (tertiary/aromatic N) is 2. The van der Waals surface area contributed by atoms with Crippen molar-refractivity contribution in [2.75, 3.05) is 13.1 Å². The number of aromatic amines is 1. The van der Waals surface area contributed by atoms with Crippen LogP contribution < -0.4 is 5.32 Å². The van der Waals surface area contributed by atoms with Crippen molar-refractivity contribution in [1.29, 1.82) is 0 Å². The quantitative estimate of drug-likeness (QED) is 0.553. The molecular weight excluding hydrogens is 208 g/mol. The van der Waals surface area contributed by atoms with E-state index in [9.17, 15) is 0 Å². The van der Waals surface area contributed by atoms with Crippen LogP contribution in [-0.2, 0) is 0 Å². The maximum Gasteiger partial charge on any atom is 0.208 e. The molecule has 0 saturated heterocycles. The number of aromatic nitrogens is 3. The molecule has 1 heterocycles. The van der Waals surface area contributed by atoms with E-state index in [0.29, 0.717) is 5.25 Å². The summed E-state index contributed by atoms with van der Waals surface area (Å²) in [5.74, 6) is 0.878. The lowest BCUT2D eigenvalue weighted by molar-refractivity contribution is 0.638. The minimum atomic E-state index is 0.511. The number of aryl methyl sites for hydroxylation is 1. The number of nitrogens with one attached hydrogen (secondary N) is 2. The Morgan fingerprint density at radius 3 is 2.93 bits per heavy atom. The van der Waals surface area contributed by atoms with Crippen LogP contribution in [0.4, 0.5) is 0 Å². The number of thioether (sulfide) groups is 1. The summed E-state index contributed by atoms with van der Waals surface area (Å²) in [6.07, 6.45) is 2.49. The molecule has 0 saturated carbocycles. The molecule has 4 nitrogen and oxygen atoms in total. The smallest absolute Gasteiger partial charge is 0.208 e. The van der Waals surface area contributed by atoms with E-state index in [1.165, 1.54) is 12.8 Å². The lowest BCUT2D eigenvalue weighted by Crippen LogP contribution is -2.23. The van der Waals surface area contributed by atoms with Gasteiger partial charge >= 0.3 is 0 Å². The zero-order valence-electron chi connectivity index (χ0n) is 9.71. The summed E-state index contributed by atoms with van der Waals surface area (Å²) in [5, 5.41) is 11.7. The van der Waals surface area contributed by atoms with Gasteiger partial charge in [0, 0.05) is 11.8 Å². The van der Waals surface area contributed by atoms with Crippen molar-refractivity contribution in [1.82, 2.24) is 20.5 Å². The molecule has 5 heteroatoms. The van der Waals surface area contributed by atoms with E-state index in [1.807, 2.05) is 6.92 Å². The second-order valence-corrected chi connectivity index (χ2v) is 5.10. The molecule has 1 atom stereocenters. The Labute approximate surface area is 95.6 Å². The van der Waals surface area contributed by atoms with Crippen LogP contribution in [-0.4, -0.2) is 33.5 Å². The third-order valence-corrected chi connectivity index (χ3v) is 2.98. The highest BCUT2D eigenvalue weighted by Gasteiger charge is 2.07. The van der Waals surface area contributed by atoms with Gasteiger partial charge in [0.1, 0.15) is 5.82 Å². The van der Waals surface area contributed by atoms with Crippen molar-refractivity contribution < 1.29 is 0 Å². The minimum absolute atomic E-state index is 0.511. The van der Waals surface area contributed by atoms with Crippen molar-refractivity contribution in [2.24, 2.45) is 0 Å². The molecule has 0 aliphatic rings. The highest BCUT2D eigenvalue weighted by atomic mass is 32.2. The van der Waals surface area contributed by atoms with Gasteiger partial charge in [-0.2, -0.15) is 0 Å². The average Bonchev–Trinajstić information content (AvgIpc) is 2.59. The number of hydrogen-bond acceptors (Lipinski definition) is 4. The monoisotopic (exact) mass is 228 g/mol. The molecule has 0 aliphatic carbocycles. The van der Waals surface area contributed by atoms with E-state index in [-0.39, 0.29) is 0 Å². The minimum Gasteiger partial charge on any atom is -0.316 e. The normalized spacial score (nSPS) is 13.0. The first-order valence-corrected chi connectivity index (χ1v) is 6.36. The van der Waals surface area contributed by atoms with Gasteiger partial charge in [-0.15, -0.1) is 5.10 Å². The molecular formula is C10H20N4S. The van der Waals surface area contributed by atoms with Crippen LogP contribution in [0.5, 0.6) is 0 Å². The van der Waals surface area contributed by atoms with Crippen LogP contribution in [0.25, 0.3) is 0 Å². The lowest BCUT2D eigenvalue weighted by atomic mass is 10.3. The standard InChI is InChI=1S/C10H20N4S/c1-4-5-6-11-7-8(2)15-10-12-9(3)13-14-10/h8,11H,4-7H2,1-3H3,(H,12,13,14). The van der Waals surface area contributed by atoms with E-state index < -0.39 is 0 Å². The predicted molar refractivity (Wildman–Crippen MR) is 64.2 cm³/mol. The van der Waals surface area contributed by atoms with Crippen molar-refractivity contribution in [3.05, 3.63) is 5.82 Å². The first-order valence-electron chi connectivity index (χ1n) is 5.48. The third kappa shape index (κ3) is 5.18. The lowest BCUT2D eigenvalue weighted by Gasteiger charge is -2.09. The molecule has 1 rings (SSSR count). The summed E-state index contributed by atoms with van der Waals surface area (Å²) in [6.45, 7) is 8.43. The maximum absolute atomic E-state index is 4.26. The number of rotatable bonds is 7. The molecule has 86 valence electrons. The fraction of sp³-hybridized carbons (Fsp3) is 0.800. The van der Waals surface area contributed by atoms with Crippen LogP contribution in [0, 0.1) is 6.92 Å². The predicted octanol–water partition coefficient (Wildman–Crippen LogP) is 1.98. The summed E-state index contributed by atoms with van der Waals surface area (Å²) < 4.78 is 0. The Hall–Kier alpha value is -0.550. The van der Waals surface area contributed by atoms with Gasteiger partial charge < -0.3 is 5.32 Å².